The average molecular weight is 420 g/mol. The zero-order valence-corrected chi connectivity index (χ0v) is 18.2. The van der Waals surface area contributed by atoms with Gasteiger partial charge in [-0.15, -0.1) is 0 Å². The number of hydrogen-bond acceptors (Lipinski definition) is 4. The van der Waals surface area contributed by atoms with Crippen LogP contribution in [0.5, 0.6) is 0 Å². The van der Waals surface area contributed by atoms with Gasteiger partial charge in [0.2, 0.25) is 11.8 Å². The van der Waals surface area contributed by atoms with Gasteiger partial charge in [0.1, 0.15) is 0 Å². The summed E-state index contributed by atoms with van der Waals surface area (Å²) in [5.41, 5.74) is 5.03. The molecule has 2 heterocycles. The first-order chi connectivity index (χ1) is 15.0. The number of nitrogens with zero attached hydrogens (tertiary/aromatic N) is 3. The summed E-state index contributed by atoms with van der Waals surface area (Å²) in [5, 5.41) is 0. The Morgan fingerprint density at radius 2 is 1.61 bits per heavy atom. The molecule has 6 nitrogen and oxygen atoms in total. The number of amides is 2. The second-order valence-electron chi connectivity index (χ2n) is 8.81. The Morgan fingerprint density at radius 3 is 2.26 bits per heavy atom. The number of benzene rings is 2. The van der Waals surface area contributed by atoms with Crippen molar-refractivity contribution in [3.8, 4) is 11.1 Å². The standard InChI is InChI=1S/C25H29N3O3/c1-17-16-27(25(30)20-3-4-20)24-15-21(7-10-23(24)28(17)18(2)29)19-5-8-22(9-6-19)26-11-13-31-14-12-26/h5-10,15,17,20H,3-4,11-14,16H2,1-2H3/t17-/m0/s1. The first kappa shape index (κ1) is 20.1. The number of carbonyl (C=O) groups excluding carboxylic acids is 2. The van der Waals surface area contributed by atoms with Crippen LogP contribution in [0.2, 0.25) is 0 Å². The van der Waals surface area contributed by atoms with Gasteiger partial charge < -0.3 is 19.4 Å². The summed E-state index contributed by atoms with van der Waals surface area (Å²) >= 11 is 0. The number of hydrogen-bond donors (Lipinski definition) is 0. The van der Waals surface area contributed by atoms with E-state index in [0.29, 0.717) is 6.54 Å². The highest BCUT2D eigenvalue weighted by Crippen LogP contribution is 2.42. The van der Waals surface area contributed by atoms with E-state index in [1.54, 1.807) is 6.92 Å². The Hall–Kier alpha value is -2.86. The lowest BCUT2D eigenvalue weighted by atomic mass is 10.00. The SMILES string of the molecule is CC(=O)N1c2ccc(-c3ccc(N4CCOCC4)cc3)cc2N(C(=O)C2CC2)C[C@@H]1C. The van der Waals surface area contributed by atoms with Crippen LogP contribution in [0, 0.1) is 5.92 Å². The normalized spacial score (nSPS) is 21.1. The number of fused-ring (bicyclic) bond motifs is 1. The number of morpholine rings is 1. The molecule has 0 radical (unpaired) electrons. The van der Waals surface area contributed by atoms with Crippen LogP contribution in [0.4, 0.5) is 17.1 Å². The van der Waals surface area contributed by atoms with E-state index in [1.165, 1.54) is 5.69 Å². The van der Waals surface area contributed by atoms with Gasteiger partial charge in [0.05, 0.1) is 30.6 Å². The molecule has 31 heavy (non-hydrogen) atoms. The predicted molar refractivity (Wildman–Crippen MR) is 123 cm³/mol. The second kappa shape index (κ2) is 8.00. The molecule has 3 aliphatic rings. The van der Waals surface area contributed by atoms with Crippen LogP contribution >= 0.6 is 0 Å². The Morgan fingerprint density at radius 1 is 0.935 bits per heavy atom. The van der Waals surface area contributed by atoms with Gasteiger partial charge in [-0.3, -0.25) is 9.59 Å². The summed E-state index contributed by atoms with van der Waals surface area (Å²) in [4.78, 5) is 31.4. The third kappa shape index (κ3) is 3.81. The maximum Gasteiger partial charge on any atom is 0.230 e. The smallest absolute Gasteiger partial charge is 0.230 e. The van der Waals surface area contributed by atoms with Gasteiger partial charge in [0.15, 0.2) is 0 Å². The van der Waals surface area contributed by atoms with Crippen LogP contribution in [0.3, 0.4) is 0 Å². The maximum absolute atomic E-state index is 13.0. The van der Waals surface area contributed by atoms with Crippen LogP contribution in [-0.4, -0.2) is 50.7 Å². The van der Waals surface area contributed by atoms with Crippen molar-refractivity contribution in [2.75, 3.05) is 47.5 Å². The molecule has 2 aromatic carbocycles. The number of ether oxygens (including phenoxy) is 1. The fraction of sp³-hybridized carbons (Fsp3) is 0.440. The molecule has 5 rings (SSSR count). The van der Waals surface area contributed by atoms with Gasteiger partial charge in [0, 0.05) is 38.2 Å². The second-order valence-corrected chi connectivity index (χ2v) is 8.81. The average Bonchev–Trinajstić information content (AvgIpc) is 3.64. The summed E-state index contributed by atoms with van der Waals surface area (Å²) in [7, 11) is 0. The van der Waals surface area contributed by atoms with Crippen molar-refractivity contribution in [3.63, 3.8) is 0 Å². The number of carbonyl (C=O) groups is 2. The van der Waals surface area contributed by atoms with Crippen molar-refractivity contribution in [1.82, 2.24) is 0 Å². The fourth-order valence-electron chi connectivity index (χ4n) is 4.73. The molecule has 1 aliphatic carbocycles. The molecule has 0 bridgehead atoms. The molecule has 2 amide bonds. The molecule has 1 atom stereocenters. The zero-order chi connectivity index (χ0) is 21.5. The molecule has 162 valence electrons. The molecule has 0 aromatic heterocycles. The Labute approximate surface area is 183 Å². The van der Waals surface area contributed by atoms with Gasteiger partial charge >= 0.3 is 0 Å². The largest absolute Gasteiger partial charge is 0.378 e. The van der Waals surface area contributed by atoms with Gasteiger partial charge in [0.25, 0.3) is 0 Å². The highest BCUT2D eigenvalue weighted by atomic mass is 16.5. The van der Waals surface area contributed by atoms with Crippen molar-refractivity contribution in [2.24, 2.45) is 5.92 Å². The quantitative estimate of drug-likeness (QED) is 0.762. The van der Waals surface area contributed by atoms with E-state index in [2.05, 4.69) is 41.3 Å². The molecular weight excluding hydrogens is 390 g/mol. The first-order valence-corrected chi connectivity index (χ1v) is 11.2. The molecular formula is C25H29N3O3. The topological polar surface area (TPSA) is 53.1 Å². The lowest BCUT2D eigenvalue weighted by Gasteiger charge is -2.41. The minimum Gasteiger partial charge on any atom is -0.378 e. The molecule has 0 unspecified atom stereocenters. The van der Waals surface area contributed by atoms with Crippen LogP contribution in [0.15, 0.2) is 42.5 Å². The van der Waals surface area contributed by atoms with Crippen LogP contribution in [0.1, 0.15) is 26.7 Å². The minimum atomic E-state index is -0.0358. The Balaban J connectivity index is 1.49. The van der Waals surface area contributed by atoms with Crippen molar-refractivity contribution >= 4 is 28.9 Å². The predicted octanol–water partition coefficient (Wildman–Crippen LogP) is 3.69. The lowest BCUT2D eigenvalue weighted by molar-refractivity contribution is -0.120. The van der Waals surface area contributed by atoms with E-state index in [9.17, 15) is 9.59 Å². The van der Waals surface area contributed by atoms with E-state index in [4.69, 9.17) is 4.74 Å². The monoisotopic (exact) mass is 419 g/mol. The van der Waals surface area contributed by atoms with Gasteiger partial charge in [-0.25, -0.2) is 0 Å². The van der Waals surface area contributed by atoms with E-state index in [-0.39, 0.29) is 23.8 Å². The van der Waals surface area contributed by atoms with Crippen molar-refractivity contribution in [3.05, 3.63) is 42.5 Å². The zero-order valence-electron chi connectivity index (χ0n) is 18.2. The van der Waals surface area contributed by atoms with Gasteiger partial charge in [-0.2, -0.15) is 0 Å². The summed E-state index contributed by atoms with van der Waals surface area (Å²) in [6, 6.07) is 14.6. The molecule has 1 saturated heterocycles. The van der Waals surface area contributed by atoms with E-state index in [1.807, 2.05) is 22.8 Å². The molecule has 2 aromatic rings. The van der Waals surface area contributed by atoms with Crippen molar-refractivity contribution in [2.45, 2.75) is 32.7 Å². The van der Waals surface area contributed by atoms with Crippen LogP contribution in [-0.2, 0) is 14.3 Å². The van der Waals surface area contributed by atoms with E-state index < -0.39 is 0 Å². The molecule has 2 aliphatic heterocycles. The van der Waals surface area contributed by atoms with Crippen molar-refractivity contribution < 1.29 is 14.3 Å². The molecule has 1 saturated carbocycles. The van der Waals surface area contributed by atoms with Gasteiger partial charge in [-0.1, -0.05) is 18.2 Å². The maximum atomic E-state index is 13.0. The number of anilines is 3. The van der Waals surface area contributed by atoms with Crippen LogP contribution in [0.25, 0.3) is 11.1 Å². The van der Waals surface area contributed by atoms with E-state index in [0.717, 1.165) is 61.6 Å². The first-order valence-electron chi connectivity index (χ1n) is 11.2. The molecule has 2 fully saturated rings. The highest BCUT2D eigenvalue weighted by molar-refractivity contribution is 6.06. The third-order valence-corrected chi connectivity index (χ3v) is 6.52. The number of rotatable bonds is 3. The summed E-state index contributed by atoms with van der Waals surface area (Å²) in [6.45, 7) is 7.50. The van der Waals surface area contributed by atoms with Gasteiger partial charge in [-0.05, 0) is 55.2 Å². The lowest BCUT2D eigenvalue weighted by Crippen LogP contribution is -2.51. The highest BCUT2D eigenvalue weighted by Gasteiger charge is 2.39. The van der Waals surface area contributed by atoms with Crippen molar-refractivity contribution in [1.29, 1.82) is 0 Å². The summed E-state index contributed by atoms with van der Waals surface area (Å²) < 4.78 is 5.45. The molecule has 6 heteroatoms. The molecule has 0 spiro atoms. The van der Waals surface area contributed by atoms with Crippen LogP contribution < -0.4 is 14.7 Å². The third-order valence-electron chi connectivity index (χ3n) is 6.52. The summed E-state index contributed by atoms with van der Waals surface area (Å²) in [5.74, 6) is 0.339. The Bertz CT molecular complexity index is 994. The van der Waals surface area contributed by atoms with E-state index >= 15 is 0 Å². The molecule has 0 N–H and O–H groups in total. The Kier molecular flexibility index (Phi) is 5.18. The summed E-state index contributed by atoms with van der Waals surface area (Å²) in [6.07, 6.45) is 1.94. The fourth-order valence-corrected chi connectivity index (χ4v) is 4.73. The minimum absolute atomic E-state index is 0.00915.